The minimum Gasteiger partial charge on any atom is -0.478 e. The summed E-state index contributed by atoms with van der Waals surface area (Å²) in [6, 6.07) is 20.7. The number of benzene rings is 4. The number of rotatable bonds is 7. The van der Waals surface area contributed by atoms with Gasteiger partial charge in [-0.1, -0.05) is 35.9 Å². The molecule has 43 heavy (non-hydrogen) atoms. The van der Waals surface area contributed by atoms with Gasteiger partial charge in [-0.3, -0.25) is 4.79 Å². The number of aromatic nitrogens is 1. The van der Waals surface area contributed by atoms with Crippen LogP contribution in [0.4, 0.5) is 17.6 Å². The summed E-state index contributed by atoms with van der Waals surface area (Å²) in [6.45, 7) is 0.365. The second-order valence-electron chi connectivity index (χ2n) is 10.7. The summed E-state index contributed by atoms with van der Waals surface area (Å²) in [6.07, 6.45) is -1.74. The number of alkyl halides is 3. The van der Waals surface area contributed by atoms with Crippen molar-refractivity contribution in [3.63, 3.8) is 0 Å². The van der Waals surface area contributed by atoms with Crippen LogP contribution in [0.2, 0.25) is 5.02 Å². The second-order valence-corrected chi connectivity index (χ2v) is 11.1. The molecule has 0 bridgehead atoms. The van der Waals surface area contributed by atoms with Crippen LogP contribution in [-0.4, -0.2) is 21.6 Å². The largest absolute Gasteiger partial charge is 0.478 e. The number of nitrogens with one attached hydrogen (secondary N) is 1. The predicted octanol–water partition coefficient (Wildman–Crippen LogP) is 8.29. The minimum atomic E-state index is -4.75. The van der Waals surface area contributed by atoms with Crippen LogP contribution in [0, 0.1) is 5.82 Å². The molecule has 1 aromatic heterocycles. The van der Waals surface area contributed by atoms with Crippen molar-refractivity contribution in [2.75, 3.05) is 0 Å². The van der Waals surface area contributed by atoms with Gasteiger partial charge in [-0.05, 0) is 95.8 Å². The van der Waals surface area contributed by atoms with Crippen molar-refractivity contribution < 1.29 is 32.3 Å². The van der Waals surface area contributed by atoms with Gasteiger partial charge in [0.1, 0.15) is 5.82 Å². The second kappa shape index (κ2) is 10.6. The van der Waals surface area contributed by atoms with Gasteiger partial charge in [-0.15, -0.1) is 0 Å². The first-order valence-electron chi connectivity index (χ1n) is 13.3. The molecule has 4 aromatic carbocycles. The van der Waals surface area contributed by atoms with E-state index in [1.54, 1.807) is 42.6 Å². The topological polar surface area (TPSA) is 71.3 Å². The fourth-order valence-electron chi connectivity index (χ4n) is 5.40. The molecule has 1 saturated carbocycles. The Bertz CT molecular complexity index is 1890. The number of carboxylic acid groups (broad SMARTS) is 1. The Labute approximate surface area is 248 Å². The van der Waals surface area contributed by atoms with Crippen LogP contribution in [0.1, 0.15) is 50.2 Å². The van der Waals surface area contributed by atoms with Gasteiger partial charge in [0, 0.05) is 23.2 Å². The lowest BCUT2D eigenvalue weighted by Gasteiger charge is -2.20. The molecule has 5 nitrogen and oxygen atoms in total. The van der Waals surface area contributed by atoms with Crippen molar-refractivity contribution in [1.29, 1.82) is 0 Å². The minimum absolute atomic E-state index is 0.0174. The van der Waals surface area contributed by atoms with E-state index >= 15 is 0 Å². The number of hydrogen-bond acceptors (Lipinski definition) is 2. The molecule has 5 aromatic rings. The zero-order chi connectivity index (χ0) is 30.5. The lowest BCUT2D eigenvalue weighted by molar-refractivity contribution is -0.137. The van der Waals surface area contributed by atoms with Gasteiger partial charge in [0.2, 0.25) is 0 Å². The first kappa shape index (κ1) is 28.5. The van der Waals surface area contributed by atoms with Crippen molar-refractivity contribution in [2.45, 2.75) is 31.1 Å². The molecular weight excluding hydrogens is 584 g/mol. The zero-order valence-corrected chi connectivity index (χ0v) is 23.1. The molecule has 1 aliphatic carbocycles. The molecule has 0 aliphatic heterocycles. The maximum absolute atomic E-state index is 14.4. The third-order valence-electron chi connectivity index (χ3n) is 7.69. The highest BCUT2D eigenvalue weighted by Gasteiger charge is 2.46. The molecule has 1 amide bonds. The van der Waals surface area contributed by atoms with Crippen molar-refractivity contribution in [1.82, 2.24) is 9.88 Å². The van der Waals surface area contributed by atoms with E-state index in [1.807, 2.05) is 16.7 Å². The molecule has 10 heteroatoms. The summed E-state index contributed by atoms with van der Waals surface area (Å²) >= 11 is 6.18. The van der Waals surface area contributed by atoms with Gasteiger partial charge in [-0.25, -0.2) is 9.18 Å². The Hall–Kier alpha value is -4.63. The number of carbonyl (C=O) groups is 2. The van der Waals surface area contributed by atoms with Crippen LogP contribution in [-0.2, 0) is 18.3 Å². The molecule has 0 spiro atoms. The molecule has 0 atom stereocenters. The van der Waals surface area contributed by atoms with E-state index < -0.39 is 35.0 Å². The third kappa shape index (κ3) is 5.72. The van der Waals surface area contributed by atoms with Crippen LogP contribution in [0.15, 0.2) is 91.1 Å². The molecule has 2 N–H and O–H groups in total. The van der Waals surface area contributed by atoms with Gasteiger partial charge in [-0.2, -0.15) is 13.2 Å². The maximum Gasteiger partial charge on any atom is 0.416 e. The molecule has 1 heterocycles. The van der Waals surface area contributed by atoms with Gasteiger partial charge in [0.05, 0.1) is 27.7 Å². The van der Waals surface area contributed by atoms with Crippen molar-refractivity contribution in [3.8, 4) is 11.1 Å². The maximum atomic E-state index is 14.4. The number of halogens is 5. The number of fused-ring (bicyclic) bond motifs is 1. The summed E-state index contributed by atoms with van der Waals surface area (Å²) in [5, 5.41) is 13.5. The first-order chi connectivity index (χ1) is 20.4. The monoisotopic (exact) mass is 606 g/mol. The smallest absolute Gasteiger partial charge is 0.416 e. The average Bonchev–Trinajstić information content (AvgIpc) is 3.63. The molecule has 0 unspecified atom stereocenters. The van der Waals surface area contributed by atoms with Crippen LogP contribution in [0.5, 0.6) is 0 Å². The highest BCUT2D eigenvalue weighted by molar-refractivity contribution is 6.30. The van der Waals surface area contributed by atoms with Crippen LogP contribution in [0.3, 0.4) is 0 Å². The van der Waals surface area contributed by atoms with Crippen LogP contribution >= 0.6 is 11.6 Å². The van der Waals surface area contributed by atoms with Crippen LogP contribution < -0.4 is 5.32 Å². The first-order valence-corrected chi connectivity index (χ1v) is 13.7. The molecule has 218 valence electrons. The highest BCUT2D eigenvalue weighted by Crippen LogP contribution is 2.46. The quantitative estimate of drug-likeness (QED) is 0.183. The fraction of sp³-hybridized carbons (Fsp3) is 0.152. The highest BCUT2D eigenvalue weighted by atomic mass is 35.5. The average molecular weight is 607 g/mol. The number of hydrogen-bond donors (Lipinski definition) is 2. The van der Waals surface area contributed by atoms with E-state index in [0.29, 0.717) is 41.4 Å². The van der Waals surface area contributed by atoms with Crippen LogP contribution in [0.25, 0.3) is 22.0 Å². The standard InChI is InChI=1S/C33H23ClF4N2O3/c34-26-3-1-2-19(12-26)18-40-11-8-21-13-22(23-14-25(33(36,37)38)17-27(35)15-23)16-28(29(21)40)30(41)39-32(9-10-32)24-6-4-20(5-7-24)31(42)43/h1-8,11-17H,9-10,18H2,(H,39,41)(H,42,43). The number of aromatic carboxylic acids is 1. The summed E-state index contributed by atoms with van der Waals surface area (Å²) in [7, 11) is 0. The van der Waals surface area contributed by atoms with E-state index in [0.717, 1.165) is 23.3 Å². The molecule has 1 aliphatic rings. The Morgan fingerprint density at radius 1 is 0.930 bits per heavy atom. The molecular formula is C33H23ClF4N2O3. The van der Waals surface area contributed by atoms with E-state index in [4.69, 9.17) is 11.6 Å². The number of carbonyl (C=O) groups excluding carboxylic acids is 1. The van der Waals surface area contributed by atoms with Crippen molar-refractivity contribution in [2.24, 2.45) is 0 Å². The van der Waals surface area contributed by atoms with E-state index in [1.165, 1.54) is 18.2 Å². The number of carboxylic acids is 1. The van der Waals surface area contributed by atoms with Crippen molar-refractivity contribution in [3.05, 3.63) is 130 Å². The fourth-order valence-corrected chi connectivity index (χ4v) is 5.61. The molecule has 0 radical (unpaired) electrons. The number of amides is 1. The summed E-state index contributed by atoms with van der Waals surface area (Å²) in [4.78, 5) is 25.3. The lowest BCUT2D eigenvalue weighted by Crippen LogP contribution is -2.35. The lowest BCUT2D eigenvalue weighted by atomic mass is 9.97. The van der Waals surface area contributed by atoms with E-state index in [-0.39, 0.29) is 22.3 Å². The van der Waals surface area contributed by atoms with Gasteiger partial charge in [0.15, 0.2) is 0 Å². The zero-order valence-electron chi connectivity index (χ0n) is 22.4. The predicted molar refractivity (Wildman–Crippen MR) is 155 cm³/mol. The summed E-state index contributed by atoms with van der Waals surface area (Å²) < 4.78 is 56.7. The Kier molecular flexibility index (Phi) is 7.01. The molecule has 0 saturated heterocycles. The number of nitrogens with zero attached hydrogens (tertiary/aromatic N) is 1. The summed E-state index contributed by atoms with van der Waals surface area (Å²) in [5.74, 6) is -2.58. The van der Waals surface area contributed by atoms with E-state index in [9.17, 15) is 32.3 Å². The third-order valence-corrected chi connectivity index (χ3v) is 7.93. The Morgan fingerprint density at radius 2 is 1.65 bits per heavy atom. The molecule has 1 fully saturated rings. The molecule has 6 rings (SSSR count). The Balaban J connectivity index is 1.45. The normalized spacial score (nSPS) is 14.1. The van der Waals surface area contributed by atoms with E-state index in [2.05, 4.69) is 5.32 Å². The summed E-state index contributed by atoms with van der Waals surface area (Å²) in [5.41, 5.74) is 0.862. The Morgan fingerprint density at radius 3 is 2.30 bits per heavy atom. The van der Waals surface area contributed by atoms with Crippen molar-refractivity contribution >= 4 is 34.4 Å². The van der Waals surface area contributed by atoms with Gasteiger partial charge < -0.3 is 15.0 Å². The van der Waals surface area contributed by atoms with Gasteiger partial charge in [0.25, 0.3) is 5.91 Å². The van der Waals surface area contributed by atoms with Gasteiger partial charge >= 0.3 is 12.1 Å². The SMILES string of the molecule is O=C(O)c1ccc(C2(NC(=O)c3cc(-c4cc(F)cc(C(F)(F)F)c4)cc4ccn(Cc5cccc(Cl)c5)c34)CC2)cc1.